The van der Waals surface area contributed by atoms with Crippen molar-refractivity contribution in [1.82, 2.24) is 55.6 Å². The van der Waals surface area contributed by atoms with Gasteiger partial charge in [-0.1, -0.05) is 109 Å². The van der Waals surface area contributed by atoms with E-state index in [-0.39, 0.29) is 75.0 Å². The van der Waals surface area contributed by atoms with Crippen LogP contribution in [0.3, 0.4) is 0 Å². The van der Waals surface area contributed by atoms with Crippen LogP contribution in [-0.2, 0) is 57.5 Å². The summed E-state index contributed by atoms with van der Waals surface area (Å²) in [5.74, 6) is -11.4. The molecule has 6 N–H and O–H groups in total. The zero-order chi connectivity index (χ0) is 69.0. The number of rotatable bonds is 18. The highest BCUT2D eigenvalue weighted by Crippen LogP contribution is 2.26. The van der Waals surface area contributed by atoms with E-state index in [1.54, 1.807) is 53.7 Å². The molecule has 508 valence electrons. The van der Waals surface area contributed by atoms with Gasteiger partial charge >= 0.3 is 5.97 Å². The average Bonchev–Trinajstić information content (AvgIpc) is 0.957. The minimum absolute atomic E-state index is 0.0250. The molecule has 2 unspecified atom stereocenters. The number of allylic oxidation sites excluding steroid dienone is 2. The van der Waals surface area contributed by atoms with Gasteiger partial charge < -0.3 is 65.8 Å². The van der Waals surface area contributed by atoms with Crippen molar-refractivity contribution in [2.24, 2.45) is 41.4 Å². The minimum Gasteiger partial charge on any atom is -0.481 e. The minimum atomic E-state index is -1.71. The highest BCUT2D eigenvalue weighted by atomic mass is 16.4. The lowest BCUT2D eigenvalue weighted by molar-refractivity contribution is -0.157. The maximum Gasteiger partial charge on any atom is 0.303 e. The van der Waals surface area contributed by atoms with E-state index < -0.39 is 162 Å². The molecule has 0 aromatic carbocycles. The van der Waals surface area contributed by atoms with Crippen LogP contribution < -0.4 is 21.3 Å². The van der Waals surface area contributed by atoms with Crippen LogP contribution in [0.2, 0.25) is 0 Å². The van der Waals surface area contributed by atoms with E-state index in [4.69, 9.17) is 0 Å². The molecule has 1 fully saturated rings. The van der Waals surface area contributed by atoms with E-state index in [0.29, 0.717) is 0 Å². The quantitative estimate of drug-likeness (QED) is 0.108. The zero-order valence-electron chi connectivity index (χ0n) is 57.8. The third-order valence-electron chi connectivity index (χ3n) is 16.5. The number of carboxylic acid groups (broad SMARTS) is 1. The van der Waals surface area contributed by atoms with Crippen molar-refractivity contribution >= 4 is 70.9 Å². The number of amides is 11. The van der Waals surface area contributed by atoms with Crippen LogP contribution in [0.1, 0.15) is 162 Å². The predicted molar refractivity (Wildman–Crippen MR) is 340 cm³/mol. The molecule has 0 aromatic rings. The molecule has 1 heterocycles. The molecule has 1 aliphatic rings. The molecule has 0 radical (unpaired) electrons. The number of hydrogen-bond acceptors (Lipinski definition) is 13. The third kappa shape index (κ3) is 23.6. The highest BCUT2D eigenvalue weighted by Gasteiger charge is 2.46. The fraction of sp³-hybridized carbons (Fsp3) is 0.781. The topological polar surface area (TPSA) is 316 Å². The van der Waals surface area contributed by atoms with Gasteiger partial charge in [0.1, 0.15) is 60.4 Å². The normalized spacial score (nSPS) is 26.2. The molecule has 25 nitrogen and oxygen atoms in total. The first-order valence-electron chi connectivity index (χ1n) is 31.7. The molecular weight excluding hydrogens is 1150 g/mol. The van der Waals surface area contributed by atoms with Gasteiger partial charge in [0, 0.05) is 55.8 Å². The van der Waals surface area contributed by atoms with Crippen molar-refractivity contribution in [2.75, 3.05) is 55.9 Å². The number of carbonyl (C=O) groups excluding carboxylic acids is 11. The average molecular weight is 1260 g/mol. The van der Waals surface area contributed by atoms with Gasteiger partial charge in [0.25, 0.3) is 0 Å². The Morgan fingerprint density at radius 1 is 0.483 bits per heavy atom. The van der Waals surface area contributed by atoms with Gasteiger partial charge in [-0.15, -0.1) is 0 Å². The van der Waals surface area contributed by atoms with Crippen molar-refractivity contribution < 1.29 is 67.7 Å². The molecule has 0 spiro atoms. The molecule has 0 bridgehead atoms. The SMILES string of the molecule is CC[C@@H]1NC(=O)C([C@H](O)[C@H](C)C/C=C/CCC(=O)O)N(C)C(=O)[C@H](C(C)C)N(C)C(=O)[C@H](CC(C)C)N(C)C(=O)[C@@H](CC(C)C)N(C)C(=O)[C@@H](C)NC(=O)[C@H](C)NC(=O)[C@@H](CC(C)C)N(C)C(=O)[C@H](C(C)C)NC(=O)C(CC(C)C)N(C)C(=O)CN(C)C1=O. The smallest absolute Gasteiger partial charge is 0.303 e. The summed E-state index contributed by atoms with van der Waals surface area (Å²) in [6, 6.07) is -12.7. The molecule has 0 aromatic heterocycles. The summed E-state index contributed by atoms with van der Waals surface area (Å²) in [5.41, 5.74) is 0. The number of carbonyl (C=O) groups is 12. The lowest BCUT2D eigenvalue weighted by atomic mass is 9.91. The first kappa shape index (κ1) is 80.4. The second kappa shape index (κ2) is 36.9. The van der Waals surface area contributed by atoms with E-state index in [1.807, 2.05) is 55.4 Å². The van der Waals surface area contributed by atoms with Gasteiger partial charge in [0.15, 0.2) is 0 Å². The second-order valence-electron chi connectivity index (χ2n) is 26.9. The van der Waals surface area contributed by atoms with Gasteiger partial charge in [0.05, 0.1) is 12.6 Å². The number of carboxylic acids is 1. The number of aliphatic hydroxyl groups is 1. The summed E-state index contributed by atoms with van der Waals surface area (Å²) in [6.07, 6.45) is 2.34. The summed E-state index contributed by atoms with van der Waals surface area (Å²) >= 11 is 0. The lowest BCUT2D eigenvalue weighted by Crippen LogP contribution is -2.63. The Morgan fingerprint density at radius 2 is 0.910 bits per heavy atom. The van der Waals surface area contributed by atoms with Crippen LogP contribution in [0, 0.1) is 41.4 Å². The van der Waals surface area contributed by atoms with Crippen molar-refractivity contribution in [1.29, 1.82) is 0 Å². The van der Waals surface area contributed by atoms with E-state index in [1.165, 1.54) is 87.7 Å². The number of hydrogen-bond donors (Lipinski definition) is 6. The van der Waals surface area contributed by atoms with Crippen LogP contribution in [-0.4, -0.2) is 238 Å². The summed E-state index contributed by atoms with van der Waals surface area (Å²) in [7, 11) is 9.74. The van der Waals surface area contributed by atoms with Crippen molar-refractivity contribution in [3.63, 3.8) is 0 Å². The van der Waals surface area contributed by atoms with Crippen molar-refractivity contribution in [3.05, 3.63) is 12.2 Å². The maximum absolute atomic E-state index is 15.2. The van der Waals surface area contributed by atoms with Crippen LogP contribution in [0.5, 0.6) is 0 Å². The first-order chi connectivity index (χ1) is 41.1. The molecule has 12 atom stereocenters. The van der Waals surface area contributed by atoms with E-state index in [9.17, 15) is 58.2 Å². The molecule has 0 saturated carbocycles. The summed E-state index contributed by atoms with van der Waals surface area (Å²) in [6.45, 7) is 27.1. The zero-order valence-corrected chi connectivity index (χ0v) is 57.8. The van der Waals surface area contributed by atoms with E-state index in [2.05, 4.69) is 21.3 Å². The van der Waals surface area contributed by atoms with Gasteiger partial charge in [-0.3, -0.25) is 57.5 Å². The number of nitrogens with zero attached hydrogens (tertiary/aromatic N) is 7. The predicted octanol–water partition coefficient (Wildman–Crippen LogP) is 3.11. The Morgan fingerprint density at radius 3 is 1.37 bits per heavy atom. The number of likely N-dealkylation sites (N-methyl/N-ethyl adjacent to an activating group) is 7. The van der Waals surface area contributed by atoms with Gasteiger partial charge in [-0.25, -0.2) is 0 Å². The number of aliphatic carboxylic acids is 1. The largest absolute Gasteiger partial charge is 0.481 e. The van der Waals surface area contributed by atoms with Gasteiger partial charge in [-0.2, -0.15) is 0 Å². The van der Waals surface area contributed by atoms with Gasteiger partial charge in [0.2, 0.25) is 65.0 Å². The van der Waals surface area contributed by atoms with E-state index in [0.717, 1.165) is 9.80 Å². The third-order valence-corrected chi connectivity index (χ3v) is 16.5. The lowest BCUT2D eigenvalue weighted by Gasteiger charge is -2.41. The van der Waals surface area contributed by atoms with Crippen LogP contribution in [0.15, 0.2) is 12.2 Å². The Balaban J connectivity index is 4.35. The monoisotopic (exact) mass is 1260 g/mol. The van der Waals surface area contributed by atoms with Crippen LogP contribution in [0.4, 0.5) is 0 Å². The number of nitrogens with one attached hydrogen (secondary N) is 4. The number of aliphatic hydroxyl groups excluding tert-OH is 1. The molecule has 1 aliphatic heterocycles. The fourth-order valence-electron chi connectivity index (χ4n) is 11.0. The molecule has 1 saturated heterocycles. The van der Waals surface area contributed by atoms with Gasteiger partial charge in [-0.05, 0) is 100 Å². The maximum atomic E-state index is 15.2. The molecule has 0 aliphatic carbocycles. The highest BCUT2D eigenvalue weighted by molar-refractivity contribution is 5.99. The second-order valence-corrected chi connectivity index (χ2v) is 26.9. The molecule has 25 heteroatoms. The molecule has 1 rings (SSSR count). The molecule has 89 heavy (non-hydrogen) atoms. The molecular formula is C64H113N11O14. The van der Waals surface area contributed by atoms with Crippen LogP contribution in [0.25, 0.3) is 0 Å². The standard InChI is InChI=1S/C64H113N11O14/c1-24-44-60(85)69(17)34-49(76)70(18)45(30-35(2)3)57(82)68-51(39(10)11)63(88)71(19)46(31-36(4)5)56(81)65-42(15)55(80)66-43(16)59(84)72(20)47(32-37(6)7)61(86)73(21)48(33-38(8)9)62(87)74(22)52(40(12)13)64(89)75(23)53(58(83)67-44)54(79)41(14)28-26-25-27-29-50(77)78/h25-26,35-48,51-54,79H,24,27-34H2,1-23H3,(H,65,81)(H,66,80)(H,67,83)(H,68,82)(H,77,78)/b26-25+/t41-,42+,43-,44+,45?,46-,47-,48+,51+,52+,53?,54-/m1/s1. The van der Waals surface area contributed by atoms with Crippen molar-refractivity contribution in [3.8, 4) is 0 Å². The van der Waals surface area contributed by atoms with E-state index >= 15 is 9.59 Å². The Bertz CT molecular complexity index is 2470. The fourth-order valence-corrected chi connectivity index (χ4v) is 11.0. The summed E-state index contributed by atoms with van der Waals surface area (Å²) < 4.78 is 0. The van der Waals surface area contributed by atoms with Crippen molar-refractivity contribution in [2.45, 2.75) is 229 Å². The summed E-state index contributed by atoms with van der Waals surface area (Å²) in [5, 5.41) is 32.3. The first-order valence-corrected chi connectivity index (χ1v) is 31.7. The molecule has 11 amide bonds. The van der Waals surface area contributed by atoms with Crippen LogP contribution >= 0.6 is 0 Å². The Hall–Kier alpha value is -6.66. The Kier molecular flexibility index (Phi) is 33.3. The Labute approximate surface area is 530 Å². The summed E-state index contributed by atoms with van der Waals surface area (Å²) in [4.78, 5) is 180.